The van der Waals surface area contributed by atoms with E-state index in [1.165, 1.54) is 12.8 Å². The van der Waals surface area contributed by atoms with Gasteiger partial charge in [0.2, 0.25) is 0 Å². The Labute approximate surface area is 156 Å². The van der Waals surface area contributed by atoms with Crippen molar-refractivity contribution in [2.24, 2.45) is 0 Å². The number of aliphatic hydroxyl groups is 3. The lowest BCUT2D eigenvalue weighted by Gasteiger charge is -2.17. The van der Waals surface area contributed by atoms with Crippen molar-refractivity contribution in [2.45, 2.75) is 95.2 Å². The van der Waals surface area contributed by atoms with Crippen molar-refractivity contribution in [2.75, 3.05) is 0 Å². The highest BCUT2D eigenvalue weighted by Crippen LogP contribution is 2.26. The van der Waals surface area contributed by atoms with Crippen LogP contribution in [0.5, 0.6) is 0 Å². The van der Waals surface area contributed by atoms with Gasteiger partial charge in [-0.05, 0) is 32.1 Å². The molecule has 1 aliphatic rings. The van der Waals surface area contributed by atoms with Crippen LogP contribution in [0, 0.1) is 0 Å². The Kier molecular flexibility index (Phi) is 11.4. The summed E-state index contributed by atoms with van der Waals surface area (Å²) < 4.78 is 5.65. The summed E-state index contributed by atoms with van der Waals surface area (Å²) in [6.45, 7) is 2.16. The number of aliphatic carboxylic acids is 1. The molecule has 0 aliphatic carbocycles. The maximum atomic E-state index is 10.5. The van der Waals surface area contributed by atoms with Crippen molar-refractivity contribution in [1.29, 1.82) is 0 Å². The lowest BCUT2D eigenvalue weighted by atomic mass is 10.0. The molecule has 0 radical (unpaired) electrons. The van der Waals surface area contributed by atoms with Crippen LogP contribution in [0.25, 0.3) is 0 Å². The second kappa shape index (κ2) is 13.0. The van der Waals surface area contributed by atoms with E-state index < -0.39 is 36.5 Å². The van der Waals surface area contributed by atoms with Crippen LogP contribution in [0.4, 0.5) is 0 Å². The smallest absolute Gasteiger partial charge is 0.303 e. The standard InChI is InChI=1S/C20H34O6/c1-2-3-4-5-6-7-9-15(21)12-13-18-17(23)14-19(26-18)16(22)10-8-11-20(24)25/h6-7,12-13,15-19,21-23H,2-5,8-11,14H2,1H3,(H,24,25)/b7-6-,13-12+/t15-,16-,17-,18-,19+/m1/s1. The molecule has 0 amide bonds. The van der Waals surface area contributed by atoms with Gasteiger partial charge in [0.25, 0.3) is 0 Å². The zero-order valence-electron chi connectivity index (χ0n) is 15.7. The van der Waals surface area contributed by atoms with Gasteiger partial charge in [-0.1, -0.05) is 44.1 Å². The van der Waals surface area contributed by atoms with Crippen molar-refractivity contribution < 1.29 is 30.0 Å². The molecule has 150 valence electrons. The average molecular weight is 370 g/mol. The molecule has 0 aromatic heterocycles. The van der Waals surface area contributed by atoms with E-state index >= 15 is 0 Å². The van der Waals surface area contributed by atoms with Gasteiger partial charge in [-0.25, -0.2) is 0 Å². The van der Waals surface area contributed by atoms with Crippen LogP contribution >= 0.6 is 0 Å². The summed E-state index contributed by atoms with van der Waals surface area (Å²) in [4.78, 5) is 10.5. The summed E-state index contributed by atoms with van der Waals surface area (Å²) in [5.41, 5.74) is 0. The topological polar surface area (TPSA) is 107 Å². The normalized spacial score (nSPS) is 25.9. The van der Waals surface area contributed by atoms with E-state index in [4.69, 9.17) is 9.84 Å². The summed E-state index contributed by atoms with van der Waals surface area (Å²) in [5.74, 6) is -0.890. The summed E-state index contributed by atoms with van der Waals surface area (Å²) in [6.07, 6.45) is 10.2. The van der Waals surface area contributed by atoms with Gasteiger partial charge >= 0.3 is 5.97 Å². The molecule has 26 heavy (non-hydrogen) atoms. The molecule has 0 aromatic rings. The first-order chi connectivity index (χ1) is 12.4. The number of carbonyl (C=O) groups is 1. The van der Waals surface area contributed by atoms with Gasteiger partial charge in [0.15, 0.2) is 0 Å². The predicted molar refractivity (Wildman–Crippen MR) is 99.8 cm³/mol. The minimum absolute atomic E-state index is 0.00776. The van der Waals surface area contributed by atoms with E-state index in [2.05, 4.69) is 13.0 Å². The number of aliphatic hydroxyl groups excluding tert-OH is 3. The second-order valence-corrected chi connectivity index (χ2v) is 6.95. The van der Waals surface area contributed by atoms with Gasteiger partial charge < -0.3 is 25.2 Å². The SMILES string of the molecule is CCCCC/C=C\C[C@@H](O)/C=C/[C@H]1O[C@H]([C@H](O)CCCC(=O)O)C[C@H]1O. The number of carboxylic acids is 1. The van der Waals surface area contributed by atoms with Crippen LogP contribution in [0.1, 0.15) is 64.7 Å². The molecule has 1 aliphatic heterocycles. The highest BCUT2D eigenvalue weighted by atomic mass is 16.5. The first kappa shape index (κ1) is 22.8. The fourth-order valence-corrected chi connectivity index (χ4v) is 2.97. The molecule has 1 rings (SSSR count). The summed E-state index contributed by atoms with van der Waals surface area (Å²) in [7, 11) is 0. The summed E-state index contributed by atoms with van der Waals surface area (Å²) in [6, 6.07) is 0. The highest BCUT2D eigenvalue weighted by Gasteiger charge is 2.36. The van der Waals surface area contributed by atoms with Crippen molar-refractivity contribution >= 4 is 5.97 Å². The second-order valence-electron chi connectivity index (χ2n) is 6.95. The number of rotatable bonds is 13. The van der Waals surface area contributed by atoms with E-state index in [9.17, 15) is 20.1 Å². The Balaban J connectivity index is 2.31. The van der Waals surface area contributed by atoms with Crippen LogP contribution < -0.4 is 0 Å². The number of hydrogen-bond acceptors (Lipinski definition) is 5. The van der Waals surface area contributed by atoms with E-state index in [0.717, 1.165) is 12.8 Å². The number of hydrogen-bond donors (Lipinski definition) is 4. The number of ether oxygens (including phenoxy) is 1. The van der Waals surface area contributed by atoms with Crippen molar-refractivity contribution in [1.82, 2.24) is 0 Å². The molecule has 0 spiro atoms. The predicted octanol–water partition coefficient (Wildman–Crippen LogP) is 2.56. The van der Waals surface area contributed by atoms with Gasteiger partial charge in [0.1, 0.15) is 6.10 Å². The van der Waals surface area contributed by atoms with Crippen molar-refractivity contribution in [3.63, 3.8) is 0 Å². The van der Waals surface area contributed by atoms with Crippen LogP contribution in [0.3, 0.4) is 0 Å². The quantitative estimate of drug-likeness (QED) is 0.293. The minimum atomic E-state index is -0.890. The van der Waals surface area contributed by atoms with Gasteiger partial charge in [0.05, 0.1) is 24.4 Å². The molecule has 0 unspecified atom stereocenters. The van der Waals surface area contributed by atoms with Gasteiger partial charge in [-0.2, -0.15) is 0 Å². The number of allylic oxidation sites excluding steroid dienone is 1. The molecule has 0 aromatic carbocycles. The lowest BCUT2D eigenvalue weighted by molar-refractivity contribution is -0.137. The molecule has 6 nitrogen and oxygen atoms in total. The lowest BCUT2D eigenvalue weighted by Crippen LogP contribution is -2.26. The Morgan fingerprint density at radius 2 is 2.00 bits per heavy atom. The number of carboxylic acid groups (broad SMARTS) is 1. The summed E-state index contributed by atoms with van der Waals surface area (Å²) in [5, 5.41) is 38.7. The van der Waals surface area contributed by atoms with Crippen molar-refractivity contribution in [3.05, 3.63) is 24.3 Å². The average Bonchev–Trinajstić information content (AvgIpc) is 2.96. The Morgan fingerprint density at radius 3 is 2.69 bits per heavy atom. The van der Waals surface area contributed by atoms with Gasteiger partial charge in [-0.3, -0.25) is 4.79 Å². The zero-order chi connectivity index (χ0) is 19.4. The van der Waals surface area contributed by atoms with E-state index in [0.29, 0.717) is 25.7 Å². The van der Waals surface area contributed by atoms with Crippen LogP contribution in [-0.2, 0) is 9.53 Å². The van der Waals surface area contributed by atoms with Crippen LogP contribution in [0.2, 0.25) is 0 Å². The molecule has 1 heterocycles. The molecular weight excluding hydrogens is 336 g/mol. The molecule has 0 saturated carbocycles. The molecule has 0 bridgehead atoms. The zero-order valence-corrected chi connectivity index (χ0v) is 15.7. The highest BCUT2D eigenvalue weighted by molar-refractivity contribution is 5.66. The molecule has 1 fully saturated rings. The Bertz CT molecular complexity index is 448. The van der Waals surface area contributed by atoms with Gasteiger partial charge in [0, 0.05) is 12.8 Å². The fourth-order valence-electron chi connectivity index (χ4n) is 2.97. The largest absolute Gasteiger partial charge is 0.481 e. The maximum absolute atomic E-state index is 10.5. The fraction of sp³-hybridized carbons (Fsp3) is 0.750. The molecule has 5 atom stereocenters. The third kappa shape index (κ3) is 9.48. The molecule has 6 heteroatoms. The Morgan fingerprint density at radius 1 is 1.23 bits per heavy atom. The third-order valence-corrected chi connectivity index (χ3v) is 4.55. The van der Waals surface area contributed by atoms with Crippen LogP contribution in [0.15, 0.2) is 24.3 Å². The van der Waals surface area contributed by atoms with Gasteiger partial charge in [-0.15, -0.1) is 0 Å². The first-order valence-electron chi connectivity index (χ1n) is 9.68. The van der Waals surface area contributed by atoms with Crippen molar-refractivity contribution in [3.8, 4) is 0 Å². The molecular formula is C20H34O6. The molecule has 1 saturated heterocycles. The van der Waals surface area contributed by atoms with E-state index in [1.807, 2.05) is 6.08 Å². The monoisotopic (exact) mass is 370 g/mol. The van der Waals surface area contributed by atoms with Crippen LogP contribution in [-0.4, -0.2) is 56.9 Å². The number of unbranched alkanes of at least 4 members (excludes halogenated alkanes) is 3. The minimum Gasteiger partial charge on any atom is -0.481 e. The molecule has 4 N–H and O–H groups in total. The summed E-state index contributed by atoms with van der Waals surface area (Å²) >= 11 is 0. The maximum Gasteiger partial charge on any atom is 0.303 e. The Hall–Kier alpha value is -1.21. The first-order valence-corrected chi connectivity index (χ1v) is 9.68. The third-order valence-electron chi connectivity index (χ3n) is 4.55. The van der Waals surface area contributed by atoms with E-state index in [-0.39, 0.29) is 6.42 Å². The van der Waals surface area contributed by atoms with E-state index in [1.54, 1.807) is 12.2 Å².